The summed E-state index contributed by atoms with van der Waals surface area (Å²) in [6.45, 7) is 0.802. The van der Waals surface area contributed by atoms with Gasteiger partial charge in [-0.3, -0.25) is 4.98 Å². The van der Waals surface area contributed by atoms with Gasteiger partial charge in [0, 0.05) is 17.3 Å². The Hall–Kier alpha value is -0.540. The molecule has 0 bridgehead atoms. The van der Waals surface area contributed by atoms with E-state index in [2.05, 4.69) is 4.98 Å². The molecule has 1 rings (SSSR count). The van der Waals surface area contributed by atoms with E-state index in [-0.39, 0.29) is 0 Å². The van der Waals surface area contributed by atoms with Gasteiger partial charge in [0.15, 0.2) is 0 Å². The highest BCUT2D eigenvalue weighted by atomic mass is 32.2. The van der Waals surface area contributed by atoms with Crippen LogP contribution >= 0.6 is 11.8 Å². The second-order valence-corrected chi connectivity index (χ2v) is 3.70. The van der Waals surface area contributed by atoms with Crippen molar-refractivity contribution in [3.63, 3.8) is 0 Å². The molecule has 12 heavy (non-hydrogen) atoms. The van der Waals surface area contributed by atoms with E-state index in [0.29, 0.717) is 0 Å². The van der Waals surface area contributed by atoms with Crippen molar-refractivity contribution >= 4 is 11.8 Å². The van der Waals surface area contributed by atoms with Gasteiger partial charge in [-0.05, 0) is 37.3 Å². The van der Waals surface area contributed by atoms with Crippen molar-refractivity contribution in [3.8, 4) is 0 Å². The first-order valence-corrected chi connectivity index (χ1v) is 5.15. The summed E-state index contributed by atoms with van der Waals surface area (Å²) in [4.78, 5) is 5.25. The minimum absolute atomic E-state index is 0.802. The SMILES string of the molecule is NCCCCSc1ccncc1. The predicted molar refractivity (Wildman–Crippen MR) is 53.2 cm³/mol. The van der Waals surface area contributed by atoms with Gasteiger partial charge in [0.05, 0.1) is 0 Å². The molecule has 0 radical (unpaired) electrons. The fourth-order valence-corrected chi connectivity index (χ4v) is 1.77. The van der Waals surface area contributed by atoms with Crippen molar-refractivity contribution in [2.24, 2.45) is 5.73 Å². The van der Waals surface area contributed by atoms with E-state index in [0.717, 1.165) is 18.7 Å². The Kier molecular flexibility index (Phi) is 4.80. The van der Waals surface area contributed by atoms with Gasteiger partial charge in [-0.25, -0.2) is 0 Å². The van der Waals surface area contributed by atoms with Crippen molar-refractivity contribution < 1.29 is 0 Å². The molecule has 0 amide bonds. The molecule has 0 aliphatic carbocycles. The zero-order valence-electron chi connectivity index (χ0n) is 7.07. The minimum Gasteiger partial charge on any atom is -0.330 e. The van der Waals surface area contributed by atoms with E-state index in [1.807, 2.05) is 36.3 Å². The highest BCUT2D eigenvalue weighted by molar-refractivity contribution is 7.99. The normalized spacial score (nSPS) is 10.1. The summed E-state index contributed by atoms with van der Waals surface area (Å²) in [5, 5.41) is 0. The molecular formula is C9H14N2S. The lowest BCUT2D eigenvalue weighted by molar-refractivity contribution is 0.814. The second kappa shape index (κ2) is 6.03. The zero-order valence-corrected chi connectivity index (χ0v) is 7.89. The number of aromatic nitrogens is 1. The van der Waals surface area contributed by atoms with E-state index in [1.54, 1.807) is 0 Å². The Labute approximate surface area is 77.6 Å². The molecule has 66 valence electrons. The summed E-state index contributed by atoms with van der Waals surface area (Å²) < 4.78 is 0. The van der Waals surface area contributed by atoms with E-state index in [4.69, 9.17) is 5.73 Å². The molecule has 1 heterocycles. The van der Waals surface area contributed by atoms with Crippen molar-refractivity contribution in [2.75, 3.05) is 12.3 Å². The van der Waals surface area contributed by atoms with Gasteiger partial charge in [0.2, 0.25) is 0 Å². The molecule has 0 spiro atoms. The van der Waals surface area contributed by atoms with E-state index < -0.39 is 0 Å². The van der Waals surface area contributed by atoms with Crippen LogP contribution in [0.5, 0.6) is 0 Å². The maximum absolute atomic E-state index is 5.39. The van der Waals surface area contributed by atoms with Crippen molar-refractivity contribution in [1.82, 2.24) is 4.98 Å². The quantitative estimate of drug-likeness (QED) is 0.558. The molecule has 2 N–H and O–H groups in total. The third-order valence-corrected chi connectivity index (χ3v) is 2.62. The standard InChI is InChI=1S/C9H14N2S/c10-5-1-2-8-12-9-3-6-11-7-4-9/h3-4,6-7H,1-2,5,8,10H2. The first kappa shape index (κ1) is 9.55. The number of nitrogens with zero attached hydrogens (tertiary/aromatic N) is 1. The minimum atomic E-state index is 0.802. The number of hydrogen-bond acceptors (Lipinski definition) is 3. The van der Waals surface area contributed by atoms with Gasteiger partial charge in [0.1, 0.15) is 0 Å². The van der Waals surface area contributed by atoms with Crippen LogP contribution in [0.2, 0.25) is 0 Å². The first-order valence-electron chi connectivity index (χ1n) is 4.16. The number of hydrogen-bond donors (Lipinski definition) is 1. The average molecular weight is 182 g/mol. The monoisotopic (exact) mass is 182 g/mol. The Balaban J connectivity index is 2.16. The molecule has 0 aliphatic heterocycles. The van der Waals surface area contributed by atoms with Crippen LogP contribution < -0.4 is 5.73 Å². The highest BCUT2D eigenvalue weighted by Gasteiger charge is 1.91. The molecule has 2 nitrogen and oxygen atoms in total. The van der Waals surface area contributed by atoms with Crippen LogP contribution in [-0.2, 0) is 0 Å². The van der Waals surface area contributed by atoms with Gasteiger partial charge >= 0.3 is 0 Å². The topological polar surface area (TPSA) is 38.9 Å². The van der Waals surface area contributed by atoms with Crippen LogP contribution in [0.15, 0.2) is 29.4 Å². The molecule has 1 aromatic heterocycles. The van der Waals surface area contributed by atoms with Crippen molar-refractivity contribution in [2.45, 2.75) is 17.7 Å². The summed E-state index contributed by atoms with van der Waals surface area (Å²) in [5.74, 6) is 1.15. The van der Waals surface area contributed by atoms with Crippen LogP contribution in [0.25, 0.3) is 0 Å². The molecule has 0 atom stereocenters. The van der Waals surface area contributed by atoms with Gasteiger partial charge in [-0.15, -0.1) is 11.8 Å². The third kappa shape index (κ3) is 3.74. The smallest absolute Gasteiger partial charge is 0.0278 e. The lowest BCUT2D eigenvalue weighted by atomic mass is 10.3. The summed E-state index contributed by atoms with van der Waals surface area (Å²) in [5.41, 5.74) is 5.39. The Morgan fingerprint density at radius 2 is 2.00 bits per heavy atom. The fraction of sp³-hybridized carbons (Fsp3) is 0.444. The zero-order chi connectivity index (χ0) is 8.65. The summed E-state index contributed by atoms with van der Waals surface area (Å²) >= 11 is 1.86. The average Bonchev–Trinajstić information content (AvgIpc) is 2.14. The van der Waals surface area contributed by atoms with E-state index >= 15 is 0 Å². The molecule has 0 fully saturated rings. The van der Waals surface area contributed by atoms with Crippen molar-refractivity contribution in [1.29, 1.82) is 0 Å². The highest BCUT2D eigenvalue weighted by Crippen LogP contribution is 2.17. The molecule has 3 heteroatoms. The second-order valence-electron chi connectivity index (χ2n) is 2.53. The maximum atomic E-state index is 5.39. The number of thioether (sulfide) groups is 1. The molecule has 0 aliphatic rings. The van der Waals surface area contributed by atoms with Crippen LogP contribution in [0.3, 0.4) is 0 Å². The van der Waals surface area contributed by atoms with Gasteiger partial charge in [-0.2, -0.15) is 0 Å². The number of rotatable bonds is 5. The number of unbranched alkanes of at least 4 members (excludes halogenated alkanes) is 1. The Morgan fingerprint density at radius 3 is 2.67 bits per heavy atom. The third-order valence-electron chi connectivity index (χ3n) is 1.52. The Morgan fingerprint density at radius 1 is 1.25 bits per heavy atom. The van der Waals surface area contributed by atoms with Gasteiger partial charge < -0.3 is 5.73 Å². The number of nitrogens with two attached hydrogens (primary N) is 1. The first-order chi connectivity index (χ1) is 5.93. The lowest BCUT2D eigenvalue weighted by Gasteiger charge is -1.99. The Bertz CT molecular complexity index is 201. The molecule has 0 saturated carbocycles. The summed E-state index contributed by atoms with van der Waals surface area (Å²) in [7, 11) is 0. The molecular weight excluding hydrogens is 168 g/mol. The van der Waals surface area contributed by atoms with Crippen LogP contribution in [-0.4, -0.2) is 17.3 Å². The van der Waals surface area contributed by atoms with Crippen LogP contribution in [0.1, 0.15) is 12.8 Å². The largest absolute Gasteiger partial charge is 0.330 e. The van der Waals surface area contributed by atoms with Crippen molar-refractivity contribution in [3.05, 3.63) is 24.5 Å². The van der Waals surface area contributed by atoms with E-state index in [9.17, 15) is 0 Å². The molecule has 0 unspecified atom stereocenters. The summed E-state index contributed by atoms with van der Waals surface area (Å²) in [6.07, 6.45) is 5.97. The predicted octanol–water partition coefficient (Wildman–Crippen LogP) is 1.91. The van der Waals surface area contributed by atoms with Gasteiger partial charge in [0.25, 0.3) is 0 Å². The van der Waals surface area contributed by atoms with Crippen LogP contribution in [0, 0.1) is 0 Å². The molecule has 0 saturated heterocycles. The molecule has 1 aromatic rings. The number of pyridine rings is 1. The lowest BCUT2D eigenvalue weighted by Crippen LogP contribution is -1.98. The fourth-order valence-electron chi connectivity index (χ4n) is 0.871. The summed E-state index contributed by atoms with van der Waals surface area (Å²) in [6, 6.07) is 4.07. The maximum Gasteiger partial charge on any atom is 0.0278 e. The van der Waals surface area contributed by atoms with Gasteiger partial charge in [-0.1, -0.05) is 0 Å². The van der Waals surface area contributed by atoms with Crippen LogP contribution in [0.4, 0.5) is 0 Å². The van der Waals surface area contributed by atoms with E-state index in [1.165, 1.54) is 11.3 Å². The molecule has 0 aromatic carbocycles.